The number of rotatable bonds is 11. The quantitative estimate of drug-likeness (QED) is 0.237. The summed E-state index contributed by atoms with van der Waals surface area (Å²) in [7, 11) is 0. The fraction of sp³-hybridized carbons (Fsp3) is 0.441. The van der Waals surface area contributed by atoms with Crippen molar-refractivity contribution in [2.24, 2.45) is 5.92 Å². The zero-order chi connectivity index (χ0) is 29.8. The Balaban J connectivity index is 1.10. The molecule has 43 heavy (non-hydrogen) atoms. The molecule has 2 fully saturated rings. The van der Waals surface area contributed by atoms with Crippen molar-refractivity contribution >= 4 is 6.08 Å². The van der Waals surface area contributed by atoms with Crippen LogP contribution in [0.15, 0.2) is 73.2 Å². The molecular formula is C34H41N5O4. The first kappa shape index (κ1) is 29.4. The number of imidazole rings is 1. The summed E-state index contributed by atoms with van der Waals surface area (Å²) >= 11 is 0. The van der Waals surface area contributed by atoms with E-state index in [1.54, 1.807) is 6.20 Å². The molecule has 1 saturated carbocycles. The molecule has 226 valence electrons. The Morgan fingerprint density at radius 3 is 2.47 bits per heavy atom. The molecule has 0 radical (unpaired) electrons. The van der Waals surface area contributed by atoms with Gasteiger partial charge in [0.15, 0.2) is 6.29 Å². The highest BCUT2D eigenvalue weighted by atomic mass is 16.7. The summed E-state index contributed by atoms with van der Waals surface area (Å²) in [5.74, 6) is 1.24. The third-order valence-electron chi connectivity index (χ3n) is 8.65. The van der Waals surface area contributed by atoms with Crippen LogP contribution in [0.2, 0.25) is 0 Å². The van der Waals surface area contributed by atoms with Gasteiger partial charge < -0.3 is 24.3 Å². The minimum atomic E-state index is -0.688. The Bertz CT molecular complexity index is 1500. The molecule has 0 bridgehead atoms. The summed E-state index contributed by atoms with van der Waals surface area (Å²) in [5.41, 5.74) is 4.46. The van der Waals surface area contributed by atoms with E-state index in [1.807, 2.05) is 47.6 Å². The summed E-state index contributed by atoms with van der Waals surface area (Å²) in [6.07, 6.45) is 13.8. The van der Waals surface area contributed by atoms with Crippen LogP contribution in [-0.4, -0.2) is 60.4 Å². The first-order chi connectivity index (χ1) is 20.9. The second-order valence-electron chi connectivity index (χ2n) is 12.1. The molecule has 3 atom stereocenters. The molecule has 9 heteroatoms. The molecule has 2 aromatic heterocycles. The molecule has 0 spiro atoms. The molecule has 9 nitrogen and oxygen atoms in total. The normalized spacial score (nSPS) is 22.7. The molecule has 2 aliphatic rings. The van der Waals surface area contributed by atoms with E-state index >= 15 is 0 Å². The predicted molar refractivity (Wildman–Crippen MR) is 165 cm³/mol. The zero-order valence-corrected chi connectivity index (χ0v) is 24.9. The lowest BCUT2D eigenvalue weighted by molar-refractivity contribution is -0.188. The third-order valence-corrected chi connectivity index (χ3v) is 8.65. The van der Waals surface area contributed by atoms with Gasteiger partial charge in [-0.3, -0.25) is 4.68 Å². The Morgan fingerprint density at radius 2 is 1.79 bits per heavy atom. The smallest absolute Gasteiger partial charge is 0.158 e. The Kier molecular flexibility index (Phi) is 8.85. The van der Waals surface area contributed by atoms with Crippen molar-refractivity contribution in [1.29, 1.82) is 0 Å². The lowest BCUT2D eigenvalue weighted by Crippen LogP contribution is -2.34. The SMILES string of the molecule is C[C@H](OC1CCCCO1)c1nccn1C(C)(/C=C/c1ccc(-c2ccc(-c3cn(CC4CC(O)C4)nn3)cc2)cc1)CO. The molecule has 0 amide bonds. The van der Waals surface area contributed by atoms with Crippen LogP contribution in [0, 0.1) is 5.92 Å². The maximum atomic E-state index is 10.4. The van der Waals surface area contributed by atoms with Gasteiger partial charge in [0, 0.05) is 31.1 Å². The van der Waals surface area contributed by atoms with E-state index in [2.05, 4.69) is 63.8 Å². The van der Waals surface area contributed by atoms with Gasteiger partial charge >= 0.3 is 0 Å². The summed E-state index contributed by atoms with van der Waals surface area (Å²) < 4.78 is 15.8. The lowest BCUT2D eigenvalue weighted by atomic mass is 9.82. The van der Waals surface area contributed by atoms with Gasteiger partial charge in [0.05, 0.1) is 24.4 Å². The van der Waals surface area contributed by atoms with E-state index in [9.17, 15) is 10.2 Å². The predicted octanol–water partition coefficient (Wildman–Crippen LogP) is 5.60. The highest BCUT2D eigenvalue weighted by Crippen LogP contribution is 2.30. The lowest BCUT2D eigenvalue weighted by Gasteiger charge is -2.31. The second kappa shape index (κ2) is 12.9. The molecule has 1 saturated heterocycles. The number of hydrogen-bond donors (Lipinski definition) is 2. The van der Waals surface area contributed by atoms with Crippen molar-refractivity contribution in [1.82, 2.24) is 24.5 Å². The fourth-order valence-corrected chi connectivity index (χ4v) is 5.89. The average Bonchev–Trinajstić information content (AvgIpc) is 3.71. The topological polar surface area (TPSA) is 107 Å². The molecule has 2 unspecified atom stereocenters. The fourth-order valence-electron chi connectivity index (χ4n) is 5.89. The summed E-state index contributed by atoms with van der Waals surface area (Å²) in [6, 6.07) is 16.7. The number of hydrogen-bond acceptors (Lipinski definition) is 7. The van der Waals surface area contributed by atoms with Crippen LogP contribution in [0.4, 0.5) is 0 Å². The Hall–Kier alpha value is -3.63. The van der Waals surface area contributed by atoms with Crippen LogP contribution < -0.4 is 0 Å². The van der Waals surface area contributed by atoms with Crippen molar-refractivity contribution in [3.8, 4) is 22.4 Å². The first-order valence-corrected chi connectivity index (χ1v) is 15.3. The van der Waals surface area contributed by atoms with Crippen molar-refractivity contribution in [2.45, 2.75) is 76.5 Å². The average molecular weight is 584 g/mol. The van der Waals surface area contributed by atoms with Crippen LogP contribution in [0.25, 0.3) is 28.5 Å². The van der Waals surface area contributed by atoms with Gasteiger partial charge in [0.2, 0.25) is 0 Å². The van der Waals surface area contributed by atoms with Crippen LogP contribution in [0.5, 0.6) is 0 Å². The molecule has 4 aromatic rings. The van der Waals surface area contributed by atoms with Gasteiger partial charge in [0.25, 0.3) is 0 Å². The minimum absolute atomic E-state index is 0.0819. The van der Waals surface area contributed by atoms with E-state index in [4.69, 9.17) is 9.47 Å². The van der Waals surface area contributed by atoms with Gasteiger partial charge in [0.1, 0.15) is 17.6 Å². The van der Waals surface area contributed by atoms with Gasteiger partial charge in [-0.05, 0) is 68.6 Å². The van der Waals surface area contributed by atoms with Crippen molar-refractivity contribution < 1.29 is 19.7 Å². The third kappa shape index (κ3) is 6.80. The maximum absolute atomic E-state index is 10.4. The van der Waals surface area contributed by atoms with Crippen LogP contribution in [0.3, 0.4) is 0 Å². The summed E-state index contributed by atoms with van der Waals surface area (Å²) in [4.78, 5) is 4.56. The number of aliphatic hydroxyl groups is 2. The molecular weight excluding hydrogens is 542 g/mol. The highest BCUT2D eigenvalue weighted by molar-refractivity contribution is 5.69. The molecule has 3 heterocycles. The second-order valence-corrected chi connectivity index (χ2v) is 12.1. The standard InChI is InChI=1S/C34H41N5O4/c1-24(43-32-5-3-4-18-42-32)33-35-16-17-39(33)34(2,23-40)15-14-25-6-8-27(9-7-25)28-10-12-29(13-11-28)31-22-38(37-36-31)21-26-19-30(41)20-26/h6-17,22,24,26,30,32,40-41H,3-5,18-21,23H2,1-2H3/b15-14+/t24-,26?,30?,32?,34?/m0/s1. The minimum Gasteiger partial charge on any atom is -0.394 e. The maximum Gasteiger partial charge on any atom is 0.158 e. The van der Waals surface area contributed by atoms with E-state index in [1.165, 1.54) is 0 Å². The Labute approximate surface area is 252 Å². The van der Waals surface area contributed by atoms with Gasteiger partial charge in [-0.25, -0.2) is 4.98 Å². The van der Waals surface area contributed by atoms with Crippen LogP contribution in [-0.2, 0) is 21.6 Å². The van der Waals surface area contributed by atoms with Gasteiger partial charge in [-0.1, -0.05) is 65.9 Å². The zero-order valence-electron chi connectivity index (χ0n) is 24.9. The molecule has 2 N–H and O–H groups in total. The molecule has 1 aliphatic heterocycles. The van der Waals surface area contributed by atoms with E-state index in [0.717, 1.165) is 79.0 Å². The summed E-state index contributed by atoms with van der Waals surface area (Å²) in [6.45, 7) is 5.42. The number of aliphatic hydroxyl groups excluding tert-OH is 2. The number of ether oxygens (including phenoxy) is 2. The van der Waals surface area contributed by atoms with E-state index in [0.29, 0.717) is 5.92 Å². The molecule has 6 rings (SSSR count). The van der Waals surface area contributed by atoms with Gasteiger partial charge in [-0.15, -0.1) is 5.10 Å². The largest absolute Gasteiger partial charge is 0.394 e. The van der Waals surface area contributed by atoms with Crippen LogP contribution in [0.1, 0.15) is 63.4 Å². The van der Waals surface area contributed by atoms with Crippen molar-refractivity contribution in [3.05, 3.63) is 84.6 Å². The number of aromatic nitrogens is 5. The van der Waals surface area contributed by atoms with Gasteiger partial charge in [-0.2, -0.15) is 0 Å². The summed E-state index contributed by atoms with van der Waals surface area (Å²) in [5, 5.41) is 28.6. The number of benzene rings is 2. The van der Waals surface area contributed by atoms with Crippen molar-refractivity contribution in [3.63, 3.8) is 0 Å². The Morgan fingerprint density at radius 1 is 1.07 bits per heavy atom. The number of nitrogens with zero attached hydrogens (tertiary/aromatic N) is 5. The molecule has 2 aromatic carbocycles. The molecule has 1 aliphatic carbocycles. The van der Waals surface area contributed by atoms with Crippen LogP contribution >= 0.6 is 0 Å². The first-order valence-electron chi connectivity index (χ1n) is 15.3. The van der Waals surface area contributed by atoms with Crippen molar-refractivity contribution in [2.75, 3.05) is 13.2 Å². The monoisotopic (exact) mass is 583 g/mol. The highest BCUT2D eigenvalue weighted by Gasteiger charge is 2.29. The van der Waals surface area contributed by atoms with E-state index < -0.39 is 5.54 Å². The van der Waals surface area contributed by atoms with E-state index in [-0.39, 0.29) is 25.1 Å².